The number of rotatable bonds is 8. The second kappa shape index (κ2) is 11.6. The molecule has 40 heavy (non-hydrogen) atoms. The van der Waals surface area contributed by atoms with Crippen LogP contribution in [0.4, 0.5) is 0 Å². The first-order chi connectivity index (χ1) is 19.3. The number of thioether (sulfide) groups is 1. The standard InChI is InChI=1S/C33H30NO4S.BrH/c1-35-29-12-11-23-17-28-26-19-31-30(37-21-38-31)18-24(26)13-14-34(28)20-27(23)33(29)36-15-4-5-16-39-32-10-6-8-22-7-2-3-9-25(22)32;/h2-3,6-12,17-20H,4-5,13-16,21H2,1H3;1H/q+1;/p-1. The van der Waals surface area contributed by atoms with Gasteiger partial charge < -0.3 is 35.9 Å². The zero-order chi connectivity index (χ0) is 26.2. The molecule has 0 N–H and O–H groups in total. The van der Waals surface area contributed by atoms with E-state index in [1.807, 2.05) is 17.8 Å². The van der Waals surface area contributed by atoms with Crippen molar-refractivity contribution in [1.29, 1.82) is 0 Å². The molecule has 2 aliphatic rings. The van der Waals surface area contributed by atoms with Crippen LogP contribution in [-0.2, 0) is 13.0 Å². The first-order valence-electron chi connectivity index (χ1n) is 13.5. The van der Waals surface area contributed by atoms with E-state index in [0.717, 1.165) is 65.3 Å². The predicted octanol–water partition coefficient (Wildman–Crippen LogP) is 4.20. The molecule has 0 radical (unpaired) electrons. The molecule has 0 aliphatic carbocycles. The summed E-state index contributed by atoms with van der Waals surface area (Å²) < 4.78 is 25.7. The Morgan fingerprint density at radius 3 is 2.62 bits per heavy atom. The van der Waals surface area contributed by atoms with Crippen molar-refractivity contribution in [1.82, 2.24) is 0 Å². The van der Waals surface area contributed by atoms with Crippen molar-refractivity contribution in [2.75, 3.05) is 26.3 Å². The highest BCUT2D eigenvalue weighted by atomic mass is 79.9. The van der Waals surface area contributed by atoms with Gasteiger partial charge in [0.2, 0.25) is 12.5 Å². The van der Waals surface area contributed by atoms with Gasteiger partial charge in [-0.15, -0.1) is 11.8 Å². The number of hydrogen-bond donors (Lipinski definition) is 0. The molecule has 2 aliphatic heterocycles. The fourth-order valence-corrected chi connectivity index (χ4v) is 6.67. The van der Waals surface area contributed by atoms with Crippen LogP contribution >= 0.6 is 11.8 Å². The van der Waals surface area contributed by atoms with E-state index in [0.29, 0.717) is 6.61 Å². The monoisotopic (exact) mass is 615 g/mol. The van der Waals surface area contributed by atoms with Crippen LogP contribution in [-0.4, -0.2) is 26.3 Å². The second-order valence-corrected chi connectivity index (χ2v) is 11.1. The highest BCUT2D eigenvalue weighted by Crippen LogP contribution is 2.41. The third-order valence-corrected chi connectivity index (χ3v) is 8.75. The molecule has 204 valence electrons. The van der Waals surface area contributed by atoms with Crippen LogP contribution in [0.25, 0.3) is 32.8 Å². The summed E-state index contributed by atoms with van der Waals surface area (Å²) in [7, 11) is 1.71. The van der Waals surface area contributed by atoms with Gasteiger partial charge in [0.1, 0.15) is 0 Å². The first kappa shape index (κ1) is 26.8. The number of ether oxygens (including phenoxy) is 4. The van der Waals surface area contributed by atoms with Crippen molar-refractivity contribution in [2.45, 2.75) is 30.7 Å². The number of methoxy groups -OCH3 is 1. The summed E-state index contributed by atoms with van der Waals surface area (Å²) in [4.78, 5) is 1.34. The number of unbranched alkanes of at least 4 members (excludes halogenated alkanes) is 1. The van der Waals surface area contributed by atoms with Crippen LogP contribution in [0, 0.1) is 0 Å². The van der Waals surface area contributed by atoms with Gasteiger partial charge in [0.25, 0.3) is 0 Å². The van der Waals surface area contributed by atoms with Crippen molar-refractivity contribution < 1.29 is 40.5 Å². The lowest BCUT2D eigenvalue weighted by Crippen LogP contribution is -3.00. The van der Waals surface area contributed by atoms with E-state index in [1.54, 1.807) is 7.11 Å². The molecule has 5 aromatic rings. The van der Waals surface area contributed by atoms with Crippen LogP contribution in [0.2, 0.25) is 0 Å². The Hall–Kier alpha value is -3.42. The normalized spacial score (nSPS) is 13.0. The summed E-state index contributed by atoms with van der Waals surface area (Å²) in [5.41, 5.74) is 3.68. The van der Waals surface area contributed by atoms with Crippen LogP contribution in [0.15, 0.2) is 83.9 Å². The molecule has 0 unspecified atom stereocenters. The molecular weight excluding hydrogens is 586 g/mol. The highest BCUT2D eigenvalue weighted by Gasteiger charge is 2.28. The lowest BCUT2D eigenvalue weighted by atomic mass is 9.95. The summed E-state index contributed by atoms with van der Waals surface area (Å²) >= 11 is 1.92. The maximum atomic E-state index is 6.40. The molecular formula is C33H30BrNO4S. The van der Waals surface area contributed by atoms with E-state index in [-0.39, 0.29) is 23.8 Å². The number of halogens is 1. The third-order valence-electron chi connectivity index (χ3n) is 7.59. The van der Waals surface area contributed by atoms with Gasteiger partial charge in [-0.05, 0) is 70.6 Å². The zero-order valence-electron chi connectivity index (χ0n) is 22.3. The van der Waals surface area contributed by atoms with Gasteiger partial charge in [-0.1, -0.05) is 36.4 Å². The third kappa shape index (κ3) is 4.97. The fourth-order valence-electron chi connectivity index (χ4n) is 5.59. The summed E-state index contributed by atoms with van der Waals surface area (Å²) in [6, 6.07) is 25.7. The van der Waals surface area contributed by atoms with Crippen molar-refractivity contribution in [3.05, 3.63) is 84.6 Å². The molecule has 0 saturated carbocycles. The average molecular weight is 617 g/mol. The molecule has 5 nitrogen and oxygen atoms in total. The van der Waals surface area contributed by atoms with Gasteiger partial charge >= 0.3 is 0 Å². The van der Waals surface area contributed by atoms with Crippen LogP contribution in [0.1, 0.15) is 18.4 Å². The van der Waals surface area contributed by atoms with Gasteiger partial charge in [0.15, 0.2) is 35.7 Å². The molecule has 0 atom stereocenters. The van der Waals surface area contributed by atoms with E-state index >= 15 is 0 Å². The Balaban J connectivity index is 0.00000289. The summed E-state index contributed by atoms with van der Waals surface area (Å²) in [6.07, 6.45) is 5.23. The number of aryl methyl sites for hydroxylation is 2. The average Bonchev–Trinajstić information content (AvgIpc) is 3.44. The minimum atomic E-state index is 0. The SMILES string of the molecule is COc1ccc2cc3[n+](cc2c1OCCCCSc1cccc2ccccc12)CCc1cc2c(cc1-3)OCO2.[Br-]. The lowest BCUT2D eigenvalue weighted by molar-refractivity contribution is -0.686. The lowest BCUT2D eigenvalue weighted by Gasteiger charge is -2.18. The van der Waals surface area contributed by atoms with Crippen molar-refractivity contribution >= 4 is 33.3 Å². The maximum absolute atomic E-state index is 6.40. The Kier molecular flexibility index (Phi) is 7.76. The number of hydrogen-bond acceptors (Lipinski definition) is 5. The summed E-state index contributed by atoms with van der Waals surface area (Å²) in [6.45, 7) is 1.85. The van der Waals surface area contributed by atoms with E-state index in [1.165, 1.54) is 32.5 Å². The van der Waals surface area contributed by atoms with Gasteiger partial charge in [0, 0.05) is 17.4 Å². The van der Waals surface area contributed by atoms with E-state index in [2.05, 4.69) is 77.5 Å². The molecule has 0 bridgehead atoms. The van der Waals surface area contributed by atoms with E-state index < -0.39 is 0 Å². The smallest absolute Gasteiger partial charge is 0.231 e. The second-order valence-electron chi connectivity index (χ2n) is 9.95. The minimum absolute atomic E-state index is 0. The van der Waals surface area contributed by atoms with Gasteiger partial charge in [0.05, 0.1) is 24.7 Å². The first-order valence-corrected chi connectivity index (χ1v) is 14.5. The van der Waals surface area contributed by atoms with Crippen molar-refractivity contribution in [3.63, 3.8) is 0 Å². The van der Waals surface area contributed by atoms with E-state index in [4.69, 9.17) is 18.9 Å². The zero-order valence-corrected chi connectivity index (χ0v) is 24.7. The predicted molar refractivity (Wildman–Crippen MR) is 155 cm³/mol. The number of aromatic nitrogens is 1. The van der Waals surface area contributed by atoms with Crippen molar-refractivity contribution in [3.8, 4) is 34.3 Å². The summed E-state index contributed by atoms with van der Waals surface area (Å²) in [5.74, 6) is 4.32. The van der Waals surface area contributed by atoms with Crippen LogP contribution in [0.5, 0.6) is 23.0 Å². The largest absolute Gasteiger partial charge is 1.00 e. The van der Waals surface area contributed by atoms with Crippen LogP contribution in [0.3, 0.4) is 0 Å². The molecule has 0 saturated heterocycles. The summed E-state index contributed by atoms with van der Waals surface area (Å²) in [5, 5.41) is 4.83. The number of pyridine rings is 1. The van der Waals surface area contributed by atoms with Gasteiger partial charge in [-0.25, -0.2) is 0 Å². The Bertz CT molecular complexity index is 1700. The van der Waals surface area contributed by atoms with Gasteiger partial charge in [-0.3, -0.25) is 0 Å². The molecule has 7 heteroatoms. The van der Waals surface area contributed by atoms with Crippen molar-refractivity contribution in [2.24, 2.45) is 0 Å². The topological polar surface area (TPSA) is 40.8 Å². The Morgan fingerprint density at radius 1 is 0.875 bits per heavy atom. The molecule has 4 aromatic carbocycles. The van der Waals surface area contributed by atoms with E-state index in [9.17, 15) is 0 Å². The number of nitrogens with zero attached hydrogens (tertiary/aromatic N) is 1. The fraction of sp³-hybridized carbons (Fsp3) is 0.242. The molecule has 0 amide bonds. The Labute approximate surface area is 248 Å². The molecule has 0 fully saturated rings. The number of fused-ring (bicyclic) bond motifs is 6. The quantitative estimate of drug-likeness (QED) is 0.149. The molecule has 7 rings (SSSR count). The van der Waals surface area contributed by atoms with Gasteiger partial charge in [-0.2, -0.15) is 4.57 Å². The molecule has 0 spiro atoms. The minimum Gasteiger partial charge on any atom is -1.00 e. The number of benzene rings is 4. The molecule has 3 heterocycles. The Morgan fingerprint density at radius 2 is 1.73 bits per heavy atom. The maximum Gasteiger partial charge on any atom is 0.231 e. The highest BCUT2D eigenvalue weighted by molar-refractivity contribution is 7.99. The molecule has 1 aromatic heterocycles. The van der Waals surface area contributed by atoms with Crippen LogP contribution < -0.4 is 40.5 Å².